The molecule has 0 fully saturated rings. The minimum Gasteiger partial charge on any atom is -0.448 e. The minimum absolute atomic E-state index is 0.116. The summed E-state index contributed by atoms with van der Waals surface area (Å²) in [6.45, 7) is 2.35. The number of amides is 1. The number of carbonyl (C=O) groups is 1. The zero-order chi connectivity index (χ0) is 24.4. The number of benzene rings is 3. The predicted octanol–water partition coefficient (Wildman–Crippen LogP) is 5.95. The molecule has 1 amide bonds. The van der Waals surface area contributed by atoms with Crippen molar-refractivity contribution < 1.29 is 9.21 Å². The molecule has 0 bridgehead atoms. The summed E-state index contributed by atoms with van der Waals surface area (Å²) in [6.07, 6.45) is 1.99. The molecular weight excluding hydrogens is 478 g/mol. The van der Waals surface area contributed by atoms with Crippen LogP contribution >= 0.6 is 23.5 Å². The fraction of sp³-hybridized carbons (Fsp3) is 0.148. The highest BCUT2D eigenvalue weighted by atomic mass is 32.2. The maximum absolute atomic E-state index is 13.5. The van der Waals surface area contributed by atoms with E-state index in [9.17, 15) is 9.59 Å². The number of nitrogens with zero attached hydrogens (tertiary/aromatic N) is 2. The first-order valence-corrected chi connectivity index (χ1v) is 13.3. The number of rotatable bonds is 7. The maximum Gasteiger partial charge on any atom is 0.298 e. The quantitative estimate of drug-likeness (QED) is 0.219. The van der Waals surface area contributed by atoms with Crippen LogP contribution in [-0.4, -0.2) is 27.5 Å². The number of anilines is 1. The van der Waals surface area contributed by atoms with E-state index in [1.807, 2.05) is 86.0 Å². The van der Waals surface area contributed by atoms with Gasteiger partial charge in [-0.2, -0.15) is 0 Å². The molecule has 35 heavy (non-hydrogen) atoms. The molecule has 0 aliphatic rings. The molecule has 8 heteroatoms. The molecule has 3 aromatic carbocycles. The van der Waals surface area contributed by atoms with E-state index in [-0.39, 0.29) is 22.8 Å². The number of furan rings is 1. The van der Waals surface area contributed by atoms with Gasteiger partial charge in [0.2, 0.25) is 11.5 Å². The van der Waals surface area contributed by atoms with Crippen molar-refractivity contribution in [2.45, 2.75) is 23.5 Å². The molecule has 0 spiro atoms. The van der Waals surface area contributed by atoms with Crippen molar-refractivity contribution in [2.24, 2.45) is 0 Å². The molecule has 176 valence electrons. The van der Waals surface area contributed by atoms with E-state index in [1.54, 1.807) is 16.3 Å². The van der Waals surface area contributed by atoms with Gasteiger partial charge in [-0.25, -0.2) is 4.98 Å². The monoisotopic (exact) mass is 501 g/mol. The lowest BCUT2D eigenvalue weighted by atomic mass is 10.1. The Hall–Kier alpha value is -3.49. The normalized spacial score (nSPS) is 11.3. The van der Waals surface area contributed by atoms with Crippen LogP contribution in [0, 0.1) is 6.92 Å². The third-order valence-corrected chi connectivity index (χ3v) is 7.30. The van der Waals surface area contributed by atoms with Gasteiger partial charge in [-0.1, -0.05) is 59.8 Å². The van der Waals surface area contributed by atoms with E-state index in [2.05, 4.69) is 5.32 Å². The zero-order valence-electron chi connectivity index (χ0n) is 19.3. The van der Waals surface area contributed by atoms with Crippen LogP contribution in [0.15, 0.2) is 92.1 Å². The SMILES string of the molecule is CSc1cccc(NC(=O)CSc2nc3c(oc4ccccc43)c(=O)n2Cc2ccc(C)cc2)c1. The number of nitrogens with one attached hydrogen (secondary N) is 1. The average molecular weight is 502 g/mol. The summed E-state index contributed by atoms with van der Waals surface area (Å²) >= 11 is 2.86. The number of aryl methyl sites for hydroxylation is 1. The summed E-state index contributed by atoms with van der Waals surface area (Å²) in [7, 11) is 0. The van der Waals surface area contributed by atoms with E-state index in [0.29, 0.717) is 22.8 Å². The van der Waals surface area contributed by atoms with Crippen LogP contribution in [0.25, 0.3) is 22.1 Å². The molecule has 1 N–H and O–H groups in total. The molecule has 0 saturated heterocycles. The van der Waals surface area contributed by atoms with E-state index in [1.165, 1.54) is 11.8 Å². The lowest BCUT2D eigenvalue weighted by Gasteiger charge is -2.12. The van der Waals surface area contributed by atoms with Crippen LogP contribution in [0.3, 0.4) is 0 Å². The Morgan fingerprint density at radius 2 is 1.86 bits per heavy atom. The summed E-state index contributed by atoms with van der Waals surface area (Å²) in [5.74, 6) is -0.0490. The van der Waals surface area contributed by atoms with Crippen LogP contribution in [0.1, 0.15) is 11.1 Å². The molecule has 2 heterocycles. The van der Waals surface area contributed by atoms with E-state index < -0.39 is 0 Å². The van der Waals surface area contributed by atoms with E-state index >= 15 is 0 Å². The third-order valence-electron chi connectivity index (χ3n) is 5.59. The first kappa shape index (κ1) is 23.3. The second kappa shape index (κ2) is 10.0. The highest BCUT2D eigenvalue weighted by molar-refractivity contribution is 7.99. The molecule has 0 radical (unpaired) electrons. The van der Waals surface area contributed by atoms with Crippen LogP contribution in [0.2, 0.25) is 0 Å². The number of aromatic nitrogens is 2. The van der Waals surface area contributed by atoms with Gasteiger partial charge < -0.3 is 9.73 Å². The van der Waals surface area contributed by atoms with Crippen LogP contribution in [-0.2, 0) is 11.3 Å². The lowest BCUT2D eigenvalue weighted by Crippen LogP contribution is -2.24. The average Bonchev–Trinajstić information content (AvgIpc) is 3.25. The summed E-state index contributed by atoms with van der Waals surface area (Å²) in [5, 5.41) is 4.19. The lowest BCUT2D eigenvalue weighted by molar-refractivity contribution is -0.113. The second-order valence-corrected chi connectivity index (χ2v) is 9.94. The fourth-order valence-corrected chi connectivity index (χ4v) is 5.06. The third kappa shape index (κ3) is 4.99. The summed E-state index contributed by atoms with van der Waals surface area (Å²) in [4.78, 5) is 32.1. The Morgan fingerprint density at radius 3 is 2.66 bits per heavy atom. The predicted molar refractivity (Wildman–Crippen MR) is 144 cm³/mol. The first-order valence-electron chi connectivity index (χ1n) is 11.1. The molecule has 2 aromatic heterocycles. The molecule has 0 aliphatic heterocycles. The molecule has 0 unspecified atom stereocenters. The van der Waals surface area contributed by atoms with Crippen molar-refractivity contribution in [1.82, 2.24) is 9.55 Å². The number of thioether (sulfide) groups is 2. The Labute approximate surface area is 210 Å². The highest BCUT2D eigenvalue weighted by Gasteiger charge is 2.19. The standard InChI is InChI=1S/C27H23N3O3S2/c1-17-10-12-18(13-11-17)15-30-26(32)25-24(21-8-3-4-9-22(21)33-25)29-27(30)35-16-23(31)28-19-6-5-7-20(14-19)34-2/h3-14H,15-16H2,1-2H3,(H,28,31). The molecule has 0 atom stereocenters. The van der Waals surface area contributed by atoms with Crippen LogP contribution in [0.5, 0.6) is 0 Å². The minimum atomic E-state index is -0.262. The van der Waals surface area contributed by atoms with Crippen molar-refractivity contribution in [3.63, 3.8) is 0 Å². The van der Waals surface area contributed by atoms with Gasteiger partial charge in [-0.15, -0.1) is 11.8 Å². The van der Waals surface area contributed by atoms with Crippen molar-refractivity contribution in [3.05, 3.63) is 94.3 Å². The maximum atomic E-state index is 13.5. The van der Waals surface area contributed by atoms with Crippen molar-refractivity contribution >= 4 is 57.2 Å². The van der Waals surface area contributed by atoms with Gasteiger partial charge in [0, 0.05) is 16.0 Å². The largest absolute Gasteiger partial charge is 0.448 e. The number of para-hydroxylation sites is 1. The zero-order valence-corrected chi connectivity index (χ0v) is 20.9. The molecule has 0 aliphatic carbocycles. The Balaban J connectivity index is 1.49. The van der Waals surface area contributed by atoms with Gasteiger partial charge in [-0.3, -0.25) is 14.2 Å². The molecule has 5 aromatic rings. The van der Waals surface area contributed by atoms with Gasteiger partial charge in [0.1, 0.15) is 11.1 Å². The fourth-order valence-electron chi connectivity index (χ4n) is 3.81. The number of hydrogen-bond donors (Lipinski definition) is 1. The van der Waals surface area contributed by atoms with Crippen molar-refractivity contribution in [2.75, 3.05) is 17.3 Å². The smallest absolute Gasteiger partial charge is 0.298 e. The summed E-state index contributed by atoms with van der Waals surface area (Å²) in [6, 6.07) is 23.2. The second-order valence-electron chi connectivity index (χ2n) is 8.12. The van der Waals surface area contributed by atoms with E-state index in [4.69, 9.17) is 9.40 Å². The topological polar surface area (TPSA) is 77.1 Å². The van der Waals surface area contributed by atoms with Gasteiger partial charge >= 0.3 is 0 Å². The van der Waals surface area contributed by atoms with Gasteiger partial charge in [0.15, 0.2) is 5.16 Å². The molecule has 5 rings (SSSR count). The summed E-state index contributed by atoms with van der Waals surface area (Å²) in [5.41, 5.74) is 3.94. The van der Waals surface area contributed by atoms with Crippen LogP contribution in [0.4, 0.5) is 5.69 Å². The first-order chi connectivity index (χ1) is 17.0. The van der Waals surface area contributed by atoms with E-state index in [0.717, 1.165) is 27.1 Å². The Bertz CT molecular complexity index is 1590. The van der Waals surface area contributed by atoms with Crippen molar-refractivity contribution in [1.29, 1.82) is 0 Å². The number of fused-ring (bicyclic) bond motifs is 3. The van der Waals surface area contributed by atoms with Gasteiger partial charge in [0.25, 0.3) is 5.56 Å². The molecular formula is C27H23N3O3S2. The number of hydrogen-bond acceptors (Lipinski definition) is 6. The van der Waals surface area contributed by atoms with Crippen molar-refractivity contribution in [3.8, 4) is 0 Å². The Morgan fingerprint density at radius 1 is 1.06 bits per heavy atom. The van der Waals surface area contributed by atoms with Gasteiger partial charge in [0.05, 0.1) is 12.3 Å². The number of carbonyl (C=O) groups excluding carboxylic acids is 1. The Kier molecular flexibility index (Phi) is 6.66. The van der Waals surface area contributed by atoms with Crippen LogP contribution < -0.4 is 10.9 Å². The molecule has 0 saturated carbocycles. The highest BCUT2D eigenvalue weighted by Crippen LogP contribution is 2.28. The molecule has 6 nitrogen and oxygen atoms in total. The van der Waals surface area contributed by atoms with Gasteiger partial charge in [-0.05, 0) is 49.1 Å². The summed E-state index contributed by atoms with van der Waals surface area (Å²) < 4.78 is 7.46.